The number of hydrogen-bond acceptors (Lipinski definition) is 15. The summed E-state index contributed by atoms with van der Waals surface area (Å²) in [5.41, 5.74) is 0. The van der Waals surface area contributed by atoms with Crippen LogP contribution < -0.4 is 9.47 Å². The number of aliphatic hydroxyl groups excluding tert-OH is 2. The molecule has 2 aliphatic heterocycles. The Bertz CT molecular complexity index is 1160. The Morgan fingerprint density at radius 1 is 0.783 bits per heavy atom. The van der Waals surface area contributed by atoms with E-state index >= 15 is 0 Å². The fraction of sp³-hybridized carbons (Fsp3) is 0.581. The summed E-state index contributed by atoms with van der Waals surface area (Å²) in [6.45, 7) is 9.66. The van der Waals surface area contributed by atoms with Gasteiger partial charge in [0.15, 0.2) is 18.5 Å². The molecule has 1 aromatic rings. The van der Waals surface area contributed by atoms with Crippen molar-refractivity contribution in [2.45, 2.75) is 82.2 Å². The lowest BCUT2D eigenvalue weighted by atomic mass is 9.96. The van der Waals surface area contributed by atoms with Crippen LogP contribution in [0.2, 0.25) is 0 Å². The number of carbonyl (C=O) groups is 3. The predicted octanol–water partition coefficient (Wildman–Crippen LogP) is 0.831. The van der Waals surface area contributed by atoms with Crippen molar-refractivity contribution in [3.63, 3.8) is 0 Å². The fourth-order valence-electron chi connectivity index (χ4n) is 4.96. The van der Waals surface area contributed by atoms with Gasteiger partial charge in [0.1, 0.15) is 54.7 Å². The summed E-state index contributed by atoms with van der Waals surface area (Å²) in [5, 5.41) is 21.8. The van der Waals surface area contributed by atoms with Crippen LogP contribution in [0.3, 0.4) is 0 Å². The fourth-order valence-corrected chi connectivity index (χ4v) is 4.96. The van der Waals surface area contributed by atoms with Crippen LogP contribution in [0, 0.1) is 0 Å². The van der Waals surface area contributed by atoms with Crippen LogP contribution in [0.1, 0.15) is 20.8 Å². The molecule has 0 radical (unpaired) electrons. The van der Waals surface area contributed by atoms with Crippen LogP contribution in [-0.4, -0.2) is 123 Å². The lowest BCUT2D eigenvalue weighted by Crippen LogP contribution is -2.66. The third-order valence-electron chi connectivity index (χ3n) is 6.86. The van der Waals surface area contributed by atoms with Gasteiger partial charge < -0.3 is 57.6 Å². The molecule has 0 aliphatic carbocycles. The quantitative estimate of drug-likeness (QED) is 0.145. The molecule has 2 aliphatic rings. The van der Waals surface area contributed by atoms with Crippen LogP contribution >= 0.6 is 0 Å². The van der Waals surface area contributed by atoms with E-state index in [1.54, 1.807) is 24.3 Å². The topological polar surface area (TPSA) is 184 Å². The van der Waals surface area contributed by atoms with Crippen molar-refractivity contribution in [1.82, 2.24) is 0 Å². The number of methoxy groups -OCH3 is 1. The third kappa shape index (κ3) is 9.96. The molecule has 46 heavy (non-hydrogen) atoms. The second-order valence-corrected chi connectivity index (χ2v) is 10.3. The molecule has 2 heterocycles. The molecule has 2 fully saturated rings. The number of rotatable bonds is 16. The monoisotopic (exact) mass is 654 g/mol. The van der Waals surface area contributed by atoms with Crippen LogP contribution in [-0.2, 0) is 52.3 Å². The van der Waals surface area contributed by atoms with E-state index in [2.05, 4.69) is 13.2 Å². The molecule has 10 unspecified atom stereocenters. The summed E-state index contributed by atoms with van der Waals surface area (Å²) in [4.78, 5) is 36.0. The molecule has 1 aromatic carbocycles. The molecule has 0 bridgehead atoms. The molecular weight excluding hydrogens is 612 g/mol. The average Bonchev–Trinajstić information content (AvgIpc) is 3.01. The van der Waals surface area contributed by atoms with Crippen molar-refractivity contribution >= 4 is 17.9 Å². The number of ether oxygens (including phenoxy) is 10. The molecule has 10 atom stereocenters. The van der Waals surface area contributed by atoms with E-state index in [0.29, 0.717) is 11.5 Å². The first kappa shape index (κ1) is 36.9. The Balaban J connectivity index is 1.98. The summed E-state index contributed by atoms with van der Waals surface area (Å²) in [6.07, 6.45) is -10.0. The van der Waals surface area contributed by atoms with Gasteiger partial charge in [-0.2, -0.15) is 0 Å². The van der Waals surface area contributed by atoms with Gasteiger partial charge in [0.05, 0.1) is 26.9 Å². The summed E-state index contributed by atoms with van der Waals surface area (Å²) in [6, 6.07) is 6.52. The first-order valence-electron chi connectivity index (χ1n) is 14.5. The van der Waals surface area contributed by atoms with E-state index in [9.17, 15) is 24.6 Å². The van der Waals surface area contributed by atoms with Crippen molar-refractivity contribution in [2.75, 3.05) is 33.5 Å². The Kier molecular flexibility index (Phi) is 14.4. The highest BCUT2D eigenvalue weighted by Gasteiger charge is 2.55. The summed E-state index contributed by atoms with van der Waals surface area (Å²) >= 11 is 0. The van der Waals surface area contributed by atoms with Crippen molar-refractivity contribution in [3.8, 4) is 11.5 Å². The molecule has 256 valence electrons. The van der Waals surface area contributed by atoms with Crippen molar-refractivity contribution in [3.05, 3.63) is 49.6 Å². The highest BCUT2D eigenvalue weighted by Crippen LogP contribution is 2.35. The van der Waals surface area contributed by atoms with Crippen molar-refractivity contribution in [1.29, 1.82) is 0 Å². The van der Waals surface area contributed by atoms with Crippen molar-refractivity contribution < 1.29 is 72.0 Å². The minimum Gasteiger partial charge on any atom is -0.497 e. The molecule has 3 rings (SSSR count). The predicted molar refractivity (Wildman–Crippen MR) is 157 cm³/mol. The lowest BCUT2D eigenvalue weighted by Gasteiger charge is -2.48. The van der Waals surface area contributed by atoms with Gasteiger partial charge in [-0.1, -0.05) is 12.2 Å². The zero-order chi connectivity index (χ0) is 33.8. The Morgan fingerprint density at radius 2 is 1.35 bits per heavy atom. The van der Waals surface area contributed by atoms with Gasteiger partial charge >= 0.3 is 17.9 Å². The van der Waals surface area contributed by atoms with Crippen LogP contribution in [0.5, 0.6) is 11.5 Å². The first-order valence-corrected chi connectivity index (χ1v) is 14.5. The molecule has 2 N–H and O–H groups in total. The van der Waals surface area contributed by atoms with Crippen molar-refractivity contribution in [2.24, 2.45) is 0 Å². The van der Waals surface area contributed by atoms with Crippen LogP contribution in [0.4, 0.5) is 0 Å². The molecular formula is C31H42O15. The number of benzene rings is 1. The van der Waals surface area contributed by atoms with Gasteiger partial charge in [-0.05, 0) is 24.3 Å². The largest absolute Gasteiger partial charge is 0.497 e. The average molecular weight is 655 g/mol. The highest BCUT2D eigenvalue weighted by atomic mass is 16.8. The molecule has 15 heteroatoms. The zero-order valence-electron chi connectivity index (χ0n) is 26.2. The van der Waals surface area contributed by atoms with Gasteiger partial charge in [0, 0.05) is 20.8 Å². The normalized spacial score (nSPS) is 30.8. The van der Waals surface area contributed by atoms with E-state index in [1.165, 1.54) is 26.2 Å². The van der Waals surface area contributed by atoms with E-state index in [-0.39, 0.29) is 13.2 Å². The van der Waals surface area contributed by atoms with Crippen LogP contribution in [0.15, 0.2) is 49.6 Å². The Morgan fingerprint density at radius 3 is 1.89 bits per heavy atom. The molecule has 2 saturated heterocycles. The number of carbonyl (C=O) groups excluding carboxylic acids is 3. The zero-order valence-corrected chi connectivity index (χ0v) is 26.2. The van der Waals surface area contributed by atoms with E-state index in [1.807, 2.05) is 0 Å². The smallest absolute Gasteiger partial charge is 0.303 e. The number of hydrogen-bond donors (Lipinski definition) is 2. The second kappa shape index (κ2) is 17.9. The Hall–Kier alpha value is -3.57. The van der Waals surface area contributed by atoms with E-state index in [0.717, 1.165) is 13.8 Å². The minimum absolute atomic E-state index is 0.0391. The van der Waals surface area contributed by atoms with Gasteiger partial charge in [0.2, 0.25) is 6.29 Å². The maximum Gasteiger partial charge on any atom is 0.303 e. The van der Waals surface area contributed by atoms with E-state index < -0.39 is 92.5 Å². The van der Waals surface area contributed by atoms with Crippen LogP contribution in [0.25, 0.3) is 0 Å². The number of aliphatic hydroxyl groups is 2. The summed E-state index contributed by atoms with van der Waals surface area (Å²) < 4.78 is 57.4. The standard InChI is InChI=1S/C31H42O15/c1-7-13-38-27-24(36)30(43-21-11-9-20(37-6)10-12-21)44-22(15-32)25(27)46-31-29(42-19(5)35)28(39-14-8-2)26(41-18(4)34)23(45-31)16-40-17(3)33/h7-12,22-32,36H,1-2,13-16H2,3-6H3. The van der Waals surface area contributed by atoms with Gasteiger partial charge in [-0.15, -0.1) is 13.2 Å². The third-order valence-corrected chi connectivity index (χ3v) is 6.86. The molecule has 0 saturated carbocycles. The van der Waals surface area contributed by atoms with Gasteiger partial charge in [0.25, 0.3) is 0 Å². The summed E-state index contributed by atoms with van der Waals surface area (Å²) in [7, 11) is 1.52. The van der Waals surface area contributed by atoms with Gasteiger partial charge in [-0.3, -0.25) is 14.4 Å². The molecule has 0 aromatic heterocycles. The SMILES string of the molecule is C=CCOC1C(O)C(Oc2ccc(OC)cc2)OC(CO)C1OC1OC(COC(C)=O)C(OC(C)=O)C(OCC=C)C1OC(C)=O. The summed E-state index contributed by atoms with van der Waals surface area (Å²) in [5.74, 6) is -1.18. The highest BCUT2D eigenvalue weighted by molar-refractivity contribution is 5.67. The Labute approximate surface area is 266 Å². The minimum atomic E-state index is -1.50. The van der Waals surface area contributed by atoms with E-state index in [4.69, 9.17) is 47.4 Å². The molecule has 15 nitrogen and oxygen atoms in total. The van der Waals surface area contributed by atoms with Gasteiger partial charge in [-0.25, -0.2) is 0 Å². The molecule has 0 spiro atoms. The number of esters is 3. The first-order chi connectivity index (χ1) is 22.0. The molecule has 0 amide bonds. The maximum absolute atomic E-state index is 12.3. The lowest BCUT2D eigenvalue weighted by molar-refractivity contribution is -0.358. The second-order valence-electron chi connectivity index (χ2n) is 10.3. The maximum atomic E-state index is 12.3.